The molecule has 2 aromatic rings. The van der Waals surface area contributed by atoms with E-state index in [0.29, 0.717) is 43.9 Å². The van der Waals surface area contributed by atoms with Crippen molar-refractivity contribution in [3.05, 3.63) is 64.0 Å². The van der Waals surface area contributed by atoms with Gasteiger partial charge in [0, 0.05) is 62.3 Å². The molecule has 180 valence electrons. The molecule has 1 aromatic heterocycles. The second-order valence-corrected chi connectivity index (χ2v) is 8.92. The Balaban J connectivity index is 1.45. The van der Waals surface area contributed by atoms with Crippen LogP contribution in [0.4, 0.5) is 11.4 Å². The smallest absolute Gasteiger partial charge is 0.293 e. The molecule has 1 aliphatic heterocycles. The van der Waals surface area contributed by atoms with E-state index in [-0.39, 0.29) is 35.1 Å². The van der Waals surface area contributed by atoms with Crippen LogP contribution in [0.15, 0.2) is 42.7 Å². The minimum absolute atomic E-state index is 0.0416. The van der Waals surface area contributed by atoms with E-state index >= 15 is 0 Å². The molecule has 0 atom stereocenters. The number of benzene rings is 1. The summed E-state index contributed by atoms with van der Waals surface area (Å²) < 4.78 is 0. The monoisotopic (exact) mass is 466 g/mol. The fourth-order valence-corrected chi connectivity index (χ4v) is 4.64. The highest BCUT2D eigenvalue weighted by molar-refractivity contribution is 5.96. The van der Waals surface area contributed by atoms with Crippen LogP contribution in [0.1, 0.15) is 52.8 Å². The third-order valence-corrected chi connectivity index (χ3v) is 6.57. The van der Waals surface area contributed by atoms with E-state index in [4.69, 9.17) is 5.73 Å². The topological polar surface area (TPSA) is 135 Å². The first-order chi connectivity index (χ1) is 16.4. The van der Waals surface area contributed by atoms with Gasteiger partial charge in [-0.2, -0.15) is 0 Å². The quantitative estimate of drug-likeness (QED) is 0.510. The van der Waals surface area contributed by atoms with E-state index in [2.05, 4.69) is 10.3 Å². The van der Waals surface area contributed by atoms with Gasteiger partial charge >= 0.3 is 0 Å². The van der Waals surface area contributed by atoms with E-state index in [1.165, 1.54) is 6.07 Å². The Hall–Kier alpha value is -3.53. The lowest BCUT2D eigenvalue weighted by atomic mass is 9.91. The number of hydrogen-bond donors (Lipinski definition) is 2. The molecule has 10 nitrogen and oxygen atoms in total. The lowest BCUT2D eigenvalue weighted by molar-refractivity contribution is -0.384. The van der Waals surface area contributed by atoms with E-state index in [0.717, 1.165) is 25.7 Å². The predicted molar refractivity (Wildman–Crippen MR) is 128 cm³/mol. The third-order valence-electron chi connectivity index (χ3n) is 6.57. The van der Waals surface area contributed by atoms with Gasteiger partial charge in [0.15, 0.2) is 0 Å². The summed E-state index contributed by atoms with van der Waals surface area (Å²) in [4.78, 5) is 44.6. The number of nitrogens with one attached hydrogen (secondary N) is 1. The van der Waals surface area contributed by atoms with Crippen LogP contribution >= 0.6 is 0 Å². The van der Waals surface area contributed by atoms with Crippen LogP contribution in [0, 0.1) is 10.1 Å². The van der Waals surface area contributed by atoms with Crippen molar-refractivity contribution >= 4 is 23.2 Å². The summed E-state index contributed by atoms with van der Waals surface area (Å²) in [5.74, 6) is -0.403. The van der Waals surface area contributed by atoms with Crippen molar-refractivity contribution in [3.63, 3.8) is 0 Å². The van der Waals surface area contributed by atoms with Crippen molar-refractivity contribution < 1.29 is 14.5 Å². The number of nitro groups is 1. The molecule has 1 aromatic carbocycles. The molecule has 4 rings (SSSR count). The summed E-state index contributed by atoms with van der Waals surface area (Å²) in [5, 5.41) is 14.9. The van der Waals surface area contributed by atoms with Gasteiger partial charge in [-0.1, -0.05) is 0 Å². The maximum atomic E-state index is 12.8. The summed E-state index contributed by atoms with van der Waals surface area (Å²) in [7, 11) is 0. The number of anilines is 1. The number of aromatic nitrogens is 1. The average Bonchev–Trinajstić information content (AvgIpc) is 3.11. The molecule has 0 radical (unpaired) electrons. The zero-order chi connectivity index (χ0) is 24.1. The van der Waals surface area contributed by atoms with Gasteiger partial charge < -0.3 is 20.9 Å². The molecule has 0 bridgehead atoms. The van der Waals surface area contributed by atoms with Crippen molar-refractivity contribution in [2.75, 3.05) is 31.1 Å². The van der Waals surface area contributed by atoms with E-state index < -0.39 is 4.92 Å². The highest BCUT2D eigenvalue weighted by Crippen LogP contribution is 2.30. The Bertz CT molecular complexity index is 1040. The Morgan fingerprint density at radius 1 is 1.06 bits per heavy atom. The molecule has 34 heavy (non-hydrogen) atoms. The number of nitrogens with two attached hydrogens (primary N) is 1. The van der Waals surface area contributed by atoms with Crippen molar-refractivity contribution in [2.24, 2.45) is 5.73 Å². The van der Waals surface area contributed by atoms with Crippen molar-refractivity contribution in [1.82, 2.24) is 15.2 Å². The van der Waals surface area contributed by atoms with Crippen LogP contribution in [0.3, 0.4) is 0 Å². The molecule has 2 fully saturated rings. The minimum atomic E-state index is -0.449. The fraction of sp³-hybridized carbons (Fsp3) is 0.458. The molecule has 0 unspecified atom stereocenters. The van der Waals surface area contributed by atoms with Gasteiger partial charge in [0.05, 0.1) is 10.5 Å². The molecule has 2 aliphatic rings. The van der Waals surface area contributed by atoms with Crippen LogP contribution in [-0.2, 0) is 0 Å². The number of pyridine rings is 1. The summed E-state index contributed by atoms with van der Waals surface area (Å²) in [6.45, 7) is 2.03. The Kier molecular flexibility index (Phi) is 7.36. The first kappa shape index (κ1) is 23.6. The zero-order valence-electron chi connectivity index (χ0n) is 19.1. The second kappa shape index (κ2) is 10.6. The van der Waals surface area contributed by atoms with Crippen molar-refractivity contribution in [1.29, 1.82) is 0 Å². The number of amides is 2. The normalized spacial score (nSPS) is 21.0. The second-order valence-electron chi connectivity index (χ2n) is 8.92. The minimum Gasteiger partial charge on any atom is -0.364 e. The Labute approximate surface area is 198 Å². The standard InChI is InChI=1S/C24H30N6O4/c25-19-5-7-20(8-6-19)27-23(31)17-4-9-21(22(15-17)30(33)34)28-11-2-12-29(14-13-28)24(32)18-3-1-10-26-16-18/h1,3-4,9-10,15-16,19-20H,2,5-8,11-14,25H2,(H,27,31). The molecule has 2 heterocycles. The molecular formula is C24H30N6O4. The molecule has 0 spiro atoms. The van der Waals surface area contributed by atoms with E-state index in [1.54, 1.807) is 41.6 Å². The summed E-state index contributed by atoms with van der Waals surface area (Å²) in [5.41, 5.74) is 7.08. The average molecular weight is 467 g/mol. The van der Waals surface area contributed by atoms with Crippen molar-refractivity contribution in [3.8, 4) is 0 Å². The molecular weight excluding hydrogens is 436 g/mol. The number of rotatable bonds is 5. The van der Waals surface area contributed by atoms with Gasteiger partial charge in [-0.25, -0.2) is 0 Å². The first-order valence-corrected chi connectivity index (χ1v) is 11.7. The number of carbonyl (C=O) groups excluding carboxylic acids is 2. The lowest BCUT2D eigenvalue weighted by Crippen LogP contribution is -2.40. The maximum absolute atomic E-state index is 12.8. The number of carbonyl (C=O) groups is 2. The molecule has 1 saturated heterocycles. The highest BCUT2D eigenvalue weighted by atomic mass is 16.6. The highest BCUT2D eigenvalue weighted by Gasteiger charge is 2.27. The van der Waals surface area contributed by atoms with Crippen LogP contribution in [0.5, 0.6) is 0 Å². The molecule has 2 amide bonds. The number of nitrogens with zero attached hydrogens (tertiary/aromatic N) is 4. The maximum Gasteiger partial charge on any atom is 0.293 e. The lowest BCUT2D eigenvalue weighted by Gasteiger charge is -2.27. The first-order valence-electron chi connectivity index (χ1n) is 11.7. The van der Waals surface area contributed by atoms with Gasteiger partial charge in [0.1, 0.15) is 5.69 Å². The Morgan fingerprint density at radius 2 is 1.85 bits per heavy atom. The molecule has 3 N–H and O–H groups in total. The zero-order valence-corrected chi connectivity index (χ0v) is 19.1. The van der Waals surface area contributed by atoms with E-state index in [1.807, 2.05) is 4.90 Å². The number of nitro benzene ring substituents is 1. The largest absolute Gasteiger partial charge is 0.364 e. The van der Waals surface area contributed by atoms with Crippen LogP contribution in [0.25, 0.3) is 0 Å². The van der Waals surface area contributed by atoms with Gasteiger partial charge in [-0.15, -0.1) is 0 Å². The fourth-order valence-electron chi connectivity index (χ4n) is 4.64. The van der Waals surface area contributed by atoms with E-state index in [9.17, 15) is 19.7 Å². The van der Waals surface area contributed by atoms with Crippen LogP contribution in [-0.4, -0.2) is 64.9 Å². The van der Waals surface area contributed by atoms with Crippen molar-refractivity contribution in [2.45, 2.75) is 44.2 Å². The SMILES string of the molecule is NC1CCC(NC(=O)c2ccc(N3CCCN(C(=O)c4cccnc4)CC3)c([N+](=O)[O-])c2)CC1. The van der Waals surface area contributed by atoms with Gasteiger partial charge in [0.25, 0.3) is 17.5 Å². The summed E-state index contributed by atoms with van der Waals surface area (Å²) in [6.07, 6.45) is 7.19. The van der Waals surface area contributed by atoms with Crippen LogP contribution in [0.2, 0.25) is 0 Å². The van der Waals surface area contributed by atoms with Gasteiger partial charge in [-0.3, -0.25) is 24.7 Å². The molecule has 10 heteroatoms. The molecule has 1 aliphatic carbocycles. The molecule has 1 saturated carbocycles. The van der Waals surface area contributed by atoms with Gasteiger partial charge in [-0.05, 0) is 56.4 Å². The van der Waals surface area contributed by atoms with Gasteiger partial charge in [0.2, 0.25) is 0 Å². The summed E-state index contributed by atoms with van der Waals surface area (Å²) >= 11 is 0. The Morgan fingerprint density at radius 3 is 2.56 bits per heavy atom. The summed E-state index contributed by atoms with van der Waals surface area (Å²) in [6, 6.07) is 8.30. The predicted octanol–water partition coefficient (Wildman–Crippen LogP) is 2.34. The number of hydrogen-bond acceptors (Lipinski definition) is 7. The van der Waals surface area contributed by atoms with Crippen LogP contribution < -0.4 is 16.0 Å². The third kappa shape index (κ3) is 5.51.